The van der Waals surface area contributed by atoms with Gasteiger partial charge < -0.3 is 23.7 Å². The Bertz CT molecular complexity index is 164. The van der Waals surface area contributed by atoms with Crippen LogP contribution in [0.5, 0.6) is 0 Å². The van der Waals surface area contributed by atoms with Crippen LogP contribution in [-0.2, 0) is 23.7 Å². The van der Waals surface area contributed by atoms with E-state index in [-0.39, 0.29) is 18.9 Å². The Kier molecular flexibility index (Phi) is 25.8. The van der Waals surface area contributed by atoms with Gasteiger partial charge in [0.05, 0.1) is 52.9 Å². The molecule has 9 nitrogen and oxygen atoms in total. The van der Waals surface area contributed by atoms with Gasteiger partial charge in [-0.05, 0) is 0 Å². The number of halogens is 1. The first-order chi connectivity index (χ1) is 9.41. The van der Waals surface area contributed by atoms with Gasteiger partial charge in [-0.15, -0.1) is 10.2 Å². The molecule has 0 bridgehead atoms. The molecule has 0 fully saturated rings. The van der Waals surface area contributed by atoms with Crippen molar-refractivity contribution in [2.75, 3.05) is 67.1 Å². The Morgan fingerprint density at radius 2 is 0.762 bits per heavy atom. The fraction of sp³-hybridized carbons (Fsp3) is 1.00. The van der Waals surface area contributed by atoms with Crippen molar-refractivity contribution in [2.45, 2.75) is 0 Å². The largest absolute Gasteiger partial charge is 1.00 e. The molecule has 0 aliphatic heterocycles. The van der Waals surface area contributed by atoms with E-state index in [1.165, 1.54) is 0 Å². The molecule has 0 rings (SSSR count). The molecule has 124 valence electrons. The summed E-state index contributed by atoms with van der Waals surface area (Å²) in [6.45, 7) is 4.87. The third-order valence-corrected chi connectivity index (χ3v) is 1.61. The minimum absolute atomic E-state index is 0. The van der Waals surface area contributed by atoms with Crippen LogP contribution in [0.2, 0.25) is 0 Å². The Hall–Kier alpha value is 0.527. The molecule has 0 aliphatic carbocycles. The number of ether oxygens (including phenoxy) is 5. The maximum absolute atomic E-state index is 8.49. The fourth-order valence-electron chi connectivity index (χ4n) is 0.826. The van der Waals surface area contributed by atoms with Crippen LogP contribution in [-0.4, -0.2) is 67.1 Å². The number of hydrogen-bond acceptors (Lipinski definition) is 9. The van der Waals surface area contributed by atoms with E-state index >= 15 is 0 Å². The van der Waals surface area contributed by atoms with E-state index in [1.54, 1.807) is 14.2 Å². The van der Waals surface area contributed by atoms with Crippen LogP contribution in [0.3, 0.4) is 0 Å². The zero-order valence-corrected chi connectivity index (χ0v) is 13.5. The van der Waals surface area contributed by atoms with Crippen molar-refractivity contribution in [1.82, 2.24) is 0 Å². The van der Waals surface area contributed by atoms with Crippen molar-refractivity contribution >= 4 is 0 Å². The SMILES string of the molecule is COCCOCCOCCOCCOC.[Li+].[O-][Cl+3]([O-])([O-])[O-]. The predicted molar refractivity (Wildman–Crippen MR) is 56.2 cm³/mol. The molecule has 0 heterocycles. The molecule has 0 N–H and O–H groups in total. The van der Waals surface area contributed by atoms with E-state index in [0.29, 0.717) is 52.9 Å². The van der Waals surface area contributed by atoms with Crippen LogP contribution in [0, 0.1) is 10.2 Å². The molecule has 0 unspecified atom stereocenters. The first kappa shape index (κ1) is 26.4. The van der Waals surface area contributed by atoms with Crippen LogP contribution in [0.4, 0.5) is 0 Å². The van der Waals surface area contributed by atoms with Crippen LogP contribution in [0.25, 0.3) is 0 Å². The maximum Gasteiger partial charge on any atom is 1.00 e. The quantitative estimate of drug-likeness (QED) is 0.252. The summed E-state index contributed by atoms with van der Waals surface area (Å²) in [7, 11) is -1.64. The van der Waals surface area contributed by atoms with Gasteiger partial charge in [0.15, 0.2) is 0 Å². The molecule has 0 saturated heterocycles. The summed E-state index contributed by atoms with van der Waals surface area (Å²) in [6.07, 6.45) is 0. The normalized spacial score (nSPS) is 10.6. The minimum atomic E-state index is -4.94. The van der Waals surface area contributed by atoms with Gasteiger partial charge in [0.2, 0.25) is 0 Å². The Labute approximate surface area is 139 Å². The van der Waals surface area contributed by atoms with Gasteiger partial charge in [0.25, 0.3) is 0 Å². The molecular formula is C10H22ClLiO9. The van der Waals surface area contributed by atoms with Crippen LogP contribution in [0.1, 0.15) is 0 Å². The van der Waals surface area contributed by atoms with Gasteiger partial charge >= 0.3 is 18.9 Å². The summed E-state index contributed by atoms with van der Waals surface area (Å²) >= 11 is 0. The summed E-state index contributed by atoms with van der Waals surface area (Å²) in [6, 6.07) is 0. The average Bonchev–Trinajstić information content (AvgIpc) is 2.34. The summed E-state index contributed by atoms with van der Waals surface area (Å²) in [5, 5.41) is 0. The number of hydrogen-bond donors (Lipinski definition) is 0. The van der Waals surface area contributed by atoms with E-state index in [9.17, 15) is 0 Å². The molecule has 0 aromatic heterocycles. The molecule has 0 radical (unpaired) electrons. The van der Waals surface area contributed by atoms with Crippen molar-refractivity contribution in [3.05, 3.63) is 0 Å². The molecule has 0 aromatic carbocycles. The van der Waals surface area contributed by atoms with E-state index in [1.807, 2.05) is 0 Å². The van der Waals surface area contributed by atoms with Crippen molar-refractivity contribution in [1.29, 1.82) is 0 Å². The first-order valence-electron chi connectivity index (χ1n) is 5.74. The summed E-state index contributed by atoms with van der Waals surface area (Å²) in [4.78, 5) is 0. The van der Waals surface area contributed by atoms with Crippen molar-refractivity contribution in [3.8, 4) is 0 Å². The average molecular weight is 329 g/mol. The second kappa shape index (κ2) is 20.5. The third-order valence-electron chi connectivity index (χ3n) is 1.61. The molecule has 21 heavy (non-hydrogen) atoms. The van der Waals surface area contributed by atoms with Crippen LogP contribution < -0.4 is 37.5 Å². The van der Waals surface area contributed by atoms with Crippen molar-refractivity contribution in [2.24, 2.45) is 0 Å². The fourth-order valence-corrected chi connectivity index (χ4v) is 0.826. The Morgan fingerprint density at radius 3 is 0.952 bits per heavy atom. The van der Waals surface area contributed by atoms with Crippen LogP contribution in [0.15, 0.2) is 0 Å². The van der Waals surface area contributed by atoms with E-state index in [2.05, 4.69) is 0 Å². The zero-order valence-electron chi connectivity index (χ0n) is 12.7. The van der Waals surface area contributed by atoms with E-state index in [4.69, 9.17) is 42.3 Å². The molecule has 11 heteroatoms. The monoisotopic (exact) mass is 328 g/mol. The standard InChI is InChI=1S/C10H22O5.ClHO4.Li/c1-11-3-5-13-7-9-15-10-8-14-6-4-12-2;2-1(3,4)5;/h3-10H2,1-2H3;(H,2,3,4,5);/q;;+1/p-1. The van der Waals surface area contributed by atoms with Crippen LogP contribution >= 0.6 is 0 Å². The molecule has 0 atom stereocenters. The van der Waals surface area contributed by atoms with E-state index in [0.717, 1.165) is 0 Å². The number of methoxy groups -OCH3 is 2. The minimum Gasteiger partial charge on any atom is -0.382 e. The summed E-state index contributed by atoms with van der Waals surface area (Å²) in [5.41, 5.74) is 0. The van der Waals surface area contributed by atoms with Gasteiger partial charge in [-0.3, -0.25) is 0 Å². The molecule has 0 saturated carbocycles. The second-order valence-electron chi connectivity index (χ2n) is 3.20. The van der Waals surface area contributed by atoms with Gasteiger partial charge in [-0.1, -0.05) is 0 Å². The topological polar surface area (TPSA) is 138 Å². The summed E-state index contributed by atoms with van der Waals surface area (Å²) in [5.74, 6) is 0. The summed E-state index contributed by atoms with van der Waals surface area (Å²) < 4.78 is 59.3. The van der Waals surface area contributed by atoms with Gasteiger partial charge in [0.1, 0.15) is 0 Å². The molecule has 0 spiro atoms. The van der Waals surface area contributed by atoms with Crippen molar-refractivity contribution in [3.63, 3.8) is 0 Å². The molecule has 0 amide bonds. The van der Waals surface area contributed by atoms with E-state index < -0.39 is 10.2 Å². The zero-order chi connectivity index (χ0) is 15.7. The van der Waals surface area contributed by atoms with Gasteiger partial charge in [-0.2, -0.15) is 0 Å². The van der Waals surface area contributed by atoms with Crippen molar-refractivity contribution < 1.29 is 71.4 Å². The maximum atomic E-state index is 8.49. The Morgan fingerprint density at radius 1 is 0.571 bits per heavy atom. The predicted octanol–water partition coefficient (Wildman–Crippen LogP) is -7.42. The molecular weight excluding hydrogens is 306 g/mol. The number of rotatable bonds is 12. The second-order valence-corrected chi connectivity index (χ2v) is 3.96. The Balaban J connectivity index is -0.000000465. The first-order valence-corrected chi connectivity index (χ1v) is 6.98. The van der Waals surface area contributed by atoms with Gasteiger partial charge in [-0.25, -0.2) is 18.6 Å². The third kappa shape index (κ3) is 44.9. The molecule has 0 aliphatic rings. The molecule has 0 aromatic rings. The smallest absolute Gasteiger partial charge is 0.382 e. The van der Waals surface area contributed by atoms with Gasteiger partial charge in [0, 0.05) is 14.2 Å².